The maximum Gasteiger partial charge on any atom is 0.255 e. The van der Waals surface area contributed by atoms with Crippen molar-refractivity contribution >= 4 is 40.2 Å². The van der Waals surface area contributed by atoms with Crippen molar-refractivity contribution in [2.24, 2.45) is 11.5 Å². The van der Waals surface area contributed by atoms with Gasteiger partial charge in [0.15, 0.2) is 5.11 Å². The number of hydrogen-bond acceptors (Lipinski definition) is 3. The number of benzene rings is 1. The Labute approximate surface area is 116 Å². The Morgan fingerprint density at radius 2 is 1.88 bits per heavy atom. The highest BCUT2D eigenvalue weighted by Crippen LogP contribution is 2.01. The molecule has 94 valence electrons. The summed E-state index contributed by atoms with van der Waals surface area (Å²) in [4.78, 5) is 11.4. The maximum atomic E-state index is 11.4. The molecule has 6 N–H and O–H groups in total. The lowest BCUT2D eigenvalue weighted by Crippen LogP contribution is -2.51. The molecule has 7 heteroatoms. The number of nitrogens with one attached hydrogen (secondary N) is 2. The van der Waals surface area contributed by atoms with E-state index in [1.165, 1.54) is 0 Å². The van der Waals surface area contributed by atoms with Crippen molar-refractivity contribution in [3.8, 4) is 0 Å². The van der Waals surface area contributed by atoms with E-state index in [2.05, 4.69) is 23.1 Å². The van der Waals surface area contributed by atoms with Crippen LogP contribution in [0.25, 0.3) is 0 Å². The number of thiocarbonyl (C=S) groups is 1. The number of nitrogens with two attached hydrogens (primary N) is 2. The second kappa shape index (κ2) is 7.99. The van der Waals surface area contributed by atoms with Gasteiger partial charge in [-0.05, 0) is 24.2 Å². The highest BCUT2D eigenvalue weighted by molar-refractivity contribution is 8.93. The van der Waals surface area contributed by atoms with Crippen molar-refractivity contribution in [2.45, 2.75) is 12.5 Å². The molecular weight excluding hydrogens is 304 g/mol. The van der Waals surface area contributed by atoms with Gasteiger partial charge in [-0.1, -0.05) is 30.3 Å². The van der Waals surface area contributed by atoms with E-state index in [-0.39, 0.29) is 28.0 Å². The van der Waals surface area contributed by atoms with Gasteiger partial charge in [0.05, 0.1) is 6.04 Å². The topological polar surface area (TPSA) is 93.2 Å². The van der Waals surface area contributed by atoms with Gasteiger partial charge in [-0.15, -0.1) is 17.0 Å². The van der Waals surface area contributed by atoms with Crippen LogP contribution in [0.2, 0.25) is 0 Å². The van der Waals surface area contributed by atoms with Gasteiger partial charge in [-0.2, -0.15) is 0 Å². The van der Waals surface area contributed by atoms with E-state index >= 15 is 0 Å². The second-order valence-corrected chi connectivity index (χ2v) is 3.71. The molecule has 0 aliphatic carbocycles. The first kappa shape index (κ1) is 15.8. The minimum absolute atomic E-state index is 0. The fourth-order valence-electron chi connectivity index (χ4n) is 1.18. The van der Waals surface area contributed by atoms with Crippen LogP contribution in [0.1, 0.15) is 5.56 Å². The molecule has 1 aromatic rings. The molecule has 17 heavy (non-hydrogen) atoms. The quantitative estimate of drug-likeness (QED) is 0.465. The van der Waals surface area contributed by atoms with Crippen LogP contribution in [0.3, 0.4) is 0 Å². The van der Waals surface area contributed by atoms with Crippen LogP contribution in [-0.2, 0) is 11.2 Å². The van der Waals surface area contributed by atoms with Crippen molar-refractivity contribution in [1.29, 1.82) is 0 Å². The van der Waals surface area contributed by atoms with Crippen LogP contribution in [0.5, 0.6) is 0 Å². The summed E-state index contributed by atoms with van der Waals surface area (Å²) in [5.74, 6) is -0.350. The molecule has 0 saturated heterocycles. The average molecular weight is 319 g/mol. The van der Waals surface area contributed by atoms with Crippen LogP contribution in [-0.4, -0.2) is 17.1 Å². The molecule has 0 aliphatic heterocycles. The average Bonchev–Trinajstić information content (AvgIpc) is 2.27. The standard InChI is InChI=1S/C10H14N4OS.BrH/c11-8(9(15)13-14-10(12)16)6-7-4-2-1-3-5-7;/h1-5,8H,6,11H2,(H,13,15)(H3,12,14,16);1H. The molecule has 0 radical (unpaired) electrons. The number of halogens is 1. The second-order valence-electron chi connectivity index (χ2n) is 3.27. The minimum atomic E-state index is -0.635. The Hall–Kier alpha value is -1.18. The SMILES string of the molecule is Br.NC(=S)NNC(=O)C(N)Cc1ccccc1. The third-order valence-corrected chi connectivity index (χ3v) is 2.05. The Morgan fingerprint density at radius 1 is 1.29 bits per heavy atom. The summed E-state index contributed by atoms with van der Waals surface area (Å²) in [5.41, 5.74) is 16.5. The highest BCUT2D eigenvalue weighted by atomic mass is 79.9. The van der Waals surface area contributed by atoms with E-state index in [4.69, 9.17) is 11.5 Å². The summed E-state index contributed by atoms with van der Waals surface area (Å²) in [6.45, 7) is 0. The zero-order chi connectivity index (χ0) is 12.0. The highest BCUT2D eigenvalue weighted by Gasteiger charge is 2.13. The van der Waals surface area contributed by atoms with Crippen molar-refractivity contribution in [3.05, 3.63) is 35.9 Å². The zero-order valence-electron chi connectivity index (χ0n) is 9.05. The number of carbonyl (C=O) groups excluding carboxylic acids is 1. The van der Waals surface area contributed by atoms with Crippen LogP contribution >= 0.6 is 29.2 Å². The van der Waals surface area contributed by atoms with Gasteiger partial charge in [0.1, 0.15) is 0 Å². The van der Waals surface area contributed by atoms with Gasteiger partial charge in [0.2, 0.25) is 0 Å². The Bertz CT molecular complexity index is 374. The lowest BCUT2D eigenvalue weighted by Gasteiger charge is -2.12. The van der Waals surface area contributed by atoms with E-state index < -0.39 is 6.04 Å². The molecule has 0 saturated carbocycles. The first-order chi connectivity index (χ1) is 7.59. The lowest BCUT2D eigenvalue weighted by atomic mass is 10.1. The molecule has 0 aliphatic rings. The molecule has 0 bridgehead atoms. The van der Waals surface area contributed by atoms with Gasteiger partial charge < -0.3 is 11.5 Å². The monoisotopic (exact) mass is 318 g/mol. The minimum Gasteiger partial charge on any atom is -0.375 e. The summed E-state index contributed by atoms with van der Waals surface area (Å²) < 4.78 is 0. The van der Waals surface area contributed by atoms with Gasteiger partial charge >= 0.3 is 0 Å². The van der Waals surface area contributed by atoms with Crippen LogP contribution in [0.15, 0.2) is 30.3 Å². The number of hydrogen-bond donors (Lipinski definition) is 4. The fourth-order valence-corrected chi connectivity index (χ4v) is 1.23. The third kappa shape index (κ3) is 6.20. The Morgan fingerprint density at radius 3 is 2.41 bits per heavy atom. The summed E-state index contributed by atoms with van der Waals surface area (Å²) >= 11 is 4.54. The van der Waals surface area contributed by atoms with Gasteiger partial charge in [0, 0.05) is 0 Å². The van der Waals surface area contributed by atoms with E-state index in [0.29, 0.717) is 6.42 Å². The smallest absolute Gasteiger partial charge is 0.255 e. The summed E-state index contributed by atoms with van der Waals surface area (Å²) in [6, 6.07) is 8.89. The molecule has 1 amide bonds. The predicted octanol–water partition coefficient (Wildman–Crippen LogP) is -0.00130. The molecule has 0 fully saturated rings. The number of rotatable bonds is 3. The van der Waals surface area contributed by atoms with Crippen molar-refractivity contribution in [3.63, 3.8) is 0 Å². The van der Waals surface area contributed by atoms with Crippen LogP contribution in [0.4, 0.5) is 0 Å². The molecule has 1 aromatic carbocycles. The molecule has 5 nitrogen and oxygen atoms in total. The van der Waals surface area contributed by atoms with E-state index in [9.17, 15) is 4.79 Å². The number of amides is 1. The van der Waals surface area contributed by atoms with Gasteiger partial charge in [-0.25, -0.2) is 0 Å². The summed E-state index contributed by atoms with van der Waals surface area (Å²) in [5, 5.41) is 0.000242. The van der Waals surface area contributed by atoms with E-state index in [1.807, 2.05) is 30.3 Å². The molecule has 0 heterocycles. The first-order valence-corrected chi connectivity index (χ1v) is 5.15. The van der Waals surface area contributed by atoms with E-state index in [1.54, 1.807) is 0 Å². The van der Waals surface area contributed by atoms with Crippen LogP contribution < -0.4 is 22.3 Å². The third-order valence-electron chi connectivity index (χ3n) is 1.94. The zero-order valence-corrected chi connectivity index (χ0v) is 11.6. The molecule has 0 aromatic heterocycles. The fraction of sp³-hybridized carbons (Fsp3) is 0.200. The van der Waals surface area contributed by atoms with Gasteiger partial charge in [0.25, 0.3) is 5.91 Å². The number of hydrazine groups is 1. The number of carbonyl (C=O) groups is 1. The van der Waals surface area contributed by atoms with E-state index in [0.717, 1.165) is 5.56 Å². The Balaban J connectivity index is 0.00000256. The van der Waals surface area contributed by atoms with Gasteiger partial charge in [-0.3, -0.25) is 15.6 Å². The van der Waals surface area contributed by atoms with Crippen molar-refractivity contribution < 1.29 is 4.79 Å². The largest absolute Gasteiger partial charge is 0.375 e. The Kier molecular flexibility index (Phi) is 7.44. The molecule has 0 spiro atoms. The van der Waals surface area contributed by atoms with Crippen molar-refractivity contribution in [1.82, 2.24) is 10.9 Å². The predicted molar refractivity (Wildman–Crippen MR) is 76.5 cm³/mol. The molecular formula is C10H15BrN4OS. The summed E-state index contributed by atoms with van der Waals surface area (Å²) in [7, 11) is 0. The molecule has 1 unspecified atom stereocenters. The summed E-state index contributed by atoms with van der Waals surface area (Å²) in [6.07, 6.45) is 0.464. The lowest BCUT2D eigenvalue weighted by molar-refractivity contribution is -0.122. The van der Waals surface area contributed by atoms with Crippen LogP contribution in [0, 0.1) is 0 Å². The maximum absolute atomic E-state index is 11.4. The normalized spacial score (nSPS) is 10.9. The molecule has 1 atom stereocenters. The molecule has 1 rings (SSSR count). The first-order valence-electron chi connectivity index (χ1n) is 4.74. The van der Waals surface area contributed by atoms with Crippen molar-refractivity contribution in [2.75, 3.05) is 0 Å².